The fourth-order valence-electron chi connectivity index (χ4n) is 2.66. The van der Waals surface area contributed by atoms with Crippen molar-refractivity contribution in [3.8, 4) is 11.4 Å². The SMILES string of the molecule is COc1cn(-c2ccccc2)nc1C(=O)N(CC(C)C(=O)O)C1CC1. The predicted molar refractivity (Wildman–Crippen MR) is 91.0 cm³/mol. The first-order valence-corrected chi connectivity index (χ1v) is 8.24. The van der Waals surface area contributed by atoms with E-state index in [1.54, 1.807) is 22.7 Å². The summed E-state index contributed by atoms with van der Waals surface area (Å²) < 4.78 is 6.92. The minimum Gasteiger partial charge on any atom is -0.493 e. The van der Waals surface area contributed by atoms with Crippen molar-refractivity contribution in [2.75, 3.05) is 13.7 Å². The lowest BCUT2D eigenvalue weighted by atomic mass is 10.1. The van der Waals surface area contributed by atoms with E-state index in [0.29, 0.717) is 5.75 Å². The number of benzene rings is 1. The topological polar surface area (TPSA) is 84.7 Å². The highest BCUT2D eigenvalue weighted by Gasteiger charge is 2.37. The maximum atomic E-state index is 13.0. The third-order valence-corrected chi connectivity index (χ3v) is 4.26. The number of amides is 1. The van der Waals surface area contributed by atoms with Crippen LogP contribution in [0.15, 0.2) is 36.5 Å². The van der Waals surface area contributed by atoms with Crippen LogP contribution in [0.25, 0.3) is 5.69 Å². The molecule has 2 aromatic rings. The third kappa shape index (κ3) is 3.65. The molecule has 7 heteroatoms. The van der Waals surface area contributed by atoms with E-state index in [1.165, 1.54) is 7.11 Å². The zero-order valence-corrected chi connectivity index (χ0v) is 14.3. The quantitative estimate of drug-likeness (QED) is 0.833. The van der Waals surface area contributed by atoms with E-state index in [9.17, 15) is 9.59 Å². The van der Waals surface area contributed by atoms with Crippen molar-refractivity contribution in [3.05, 3.63) is 42.2 Å². The van der Waals surface area contributed by atoms with Gasteiger partial charge in [-0.3, -0.25) is 9.59 Å². The second-order valence-corrected chi connectivity index (χ2v) is 6.25. The summed E-state index contributed by atoms with van der Waals surface area (Å²) in [6.45, 7) is 1.77. The van der Waals surface area contributed by atoms with Gasteiger partial charge in [0, 0.05) is 12.6 Å². The molecule has 1 aliphatic carbocycles. The van der Waals surface area contributed by atoms with E-state index in [2.05, 4.69) is 5.10 Å². The number of carbonyl (C=O) groups excluding carboxylic acids is 1. The first-order valence-electron chi connectivity index (χ1n) is 8.24. The number of hydrogen-bond donors (Lipinski definition) is 1. The van der Waals surface area contributed by atoms with Crippen LogP contribution in [0.1, 0.15) is 30.3 Å². The van der Waals surface area contributed by atoms with Gasteiger partial charge < -0.3 is 14.7 Å². The number of carboxylic acid groups (broad SMARTS) is 1. The molecule has 0 radical (unpaired) electrons. The Kier molecular flexibility index (Phi) is 4.74. The van der Waals surface area contributed by atoms with Crippen molar-refractivity contribution in [2.24, 2.45) is 5.92 Å². The van der Waals surface area contributed by atoms with Gasteiger partial charge in [-0.2, -0.15) is 5.10 Å². The number of aliphatic carboxylic acids is 1. The van der Waals surface area contributed by atoms with Gasteiger partial charge in [-0.1, -0.05) is 25.1 Å². The standard InChI is InChI=1S/C18H21N3O4/c1-12(18(23)24)10-20(13-8-9-13)17(22)16-15(25-2)11-21(19-16)14-6-4-3-5-7-14/h3-7,11-13H,8-10H2,1-2H3,(H,23,24). The molecule has 3 rings (SSSR count). The van der Waals surface area contributed by atoms with Crippen LogP contribution in [-0.2, 0) is 4.79 Å². The second-order valence-electron chi connectivity index (χ2n) is 6.25. The van der Waals surface area contributed by atoms with Crippen LogP contribution in [0.5, 0.6) is 5.75 Å². The van der Waals surface area contributed by atoms with E-state index >= 15 is 0 Å². The normalized spacial score (nSPS) is 14.8. The molecular weight excluding hydrogens is 322 g/mol. The number of hydrogen-bond acceptors (Lipinski definition) is 4. The summed E-state index contributed by atoms with van der Waals surface area (Å²) in [4.78, 5) is 25.8. The van der Waals surface area contributed by atoms with Crippen LogP contribution < -0.4 is 4.74 Å². The molecule has 0 aliphatic heterocycles. The number of carbonyl (C=O) groups is 2. The van der Waals surface area contributed by atoms with Crippen molar-refractivity contribution in [1.29, 1.82) is 0 Å². The van der Waals surface area contributed by atoms with Crippen LogP contribution in [0.4, 0.5) is 0 Å². The van der Waals surface area contributed by atoms with E-state index in [1.807, 2.05) is 30.3 Å². The Morgan fingerprint density at radius 1 is 1.36 bits per heavy atom. The Balaban J connectivity index is 1.89. The van der Waals surface area contributed by atoms with Gasteiger partial charge in [0.1, 0.15) is 0 Å². The lowest BCUT2D eigenvalue weighted by molar-refractivity contribution is -0.141. The highest BCUT2D eigenvalue weighted by Crippen LogP contribution is 2.31. The Morgan fingerprint density at radius 2 is 2.04 bits per heavy atom. The number of methoxy groups -OCH3 is 1. The van der Waals surface area contributed by atoms with Crippen molar-refractivity contribution in [1.82, 2.24) is 14.7 Å². The average Bonchev–Trinajstić information content (AvgIpc) is 3.37. The molecule has 0 saturated heterocycles. The van der Waals surface area contributed by atoms with Gasteiger partial charge in [0.15, 0.2) is 11.4 Å². The predicted octanol–water partition coefficient (Wildman–Crippen LogP) is 2.21. The number of carboxylic acids is 1. The largest absolute Gasteiger partial charge is 0.493 e. The van der Waals surface area contributed by atoms with Crippen LogP contribution in [0.2, 0.25) is 0 Å². The molecule has 25 heavy (non-hydrogen) atoms. The lowest BCUT2D eigenvalue weighted by Crippen LogP contribution is -2.39. The van der Waals surface area contributed by atoms with Crippen molar-refractivity contribution in [3.63, 3.8) is 0 Å². The first-order chi connectivity index (χ1) is 12.0. The van der Waals surface area contributed by atoms with E-state index in [-0.39, 0.29) is 24.2 Å². The summed E-state index contributed by atoms with van der Waals surface area (Å²) >= 11 is 0. The lowest BCUT2D eigenvalue weighted by Gasteiger charge is -2.23. The highest BCUT2D eigenvalue weighted by atomic mass is 16.5. The molecule has 1 amide bonds. The molecule has 1 fully saturated rings. The smallest absolute Gasteiger partial charge is 0.308 e. The van der Waals surface area contributed by atoms with Gasteiger partial charge in [-0.25, -0.2) is 4.68 Å². The molecule has 1 aromatic heterocycles. The van der Waals surface area contributed by atoms with Gasteiger partial charge >= 0.3 is 5.97 Å². The number of ether oxygens (including phenoxy) is 1. The summed E-state index contributed by atoms with van der Waals surface area (Å²) in [6, 6.07) is 9.52. The van der Waals surface area contributed by atoms with E-state index in [0.717, 1.165) is 18.5 Å². The minimum absolute atomic E-state index is 0.0841. The molecule has 1 heterocycles. The van der Waals surface area contributed by atoms with Crippen LogP contribution in [0.3, 0.4) is 0 Å². The minimum atomic E-state index is -0.916. The van der Waals surface area contributed by atoms with Crippen molar-refractivity contribution < 1.29 is 19.4 Å². The number of aromatic nitrogens is 2. The molecule has 1 atom stereocenters. The molecule has 7 nitrogen and oxygen atoms in total. The van der Waals surface area contributed by atoms with Crippen LogP contribution >= 0.6 is 0 Å². The molecular formula is C18H21N3O4. The molecule has 1 N–H and O–H groups in total. The fourth-order valence-corrected chi connectivity index (χ4v) is 2.66. The second kappa shape index (κ2) is 6.96. The summed E-state index contributed by atoms with van der Waals surface area (Å²) in [7, 11) is 1.49. The zero-order valence-electron chi connectivity index (χ0n) is 14.3. The Bertz CT molecular complexity index is 768. The van der Waals surface area contributed by atoms with Crippen molar-refractivity contribution in [2.45, 2.75) is 25.8 Å². The van der Waals surface area contributed by atoms with Gasteiger partial charge in [0.2, 0.25) is 0 Å². The molecule has 132 valence electrons. The number of rotatable bonds is 7. The highest BCUT2D eigenvalue weighted by molar-refractivity contribution is 5.95. The Labute approximate surface area is 145 Å². The first kappa shape index (κ1) is 17.0. The number of para-hydroxylation sites is 1. The van der Waals surface area contributed by atoms with Crippen LogP contribution in [0, 0.1) is 5.92 Å². The van der Waals surface area contributed by atoms with Crippen molar-refractivity contribution >= 4 is 11.9 Å². The van der Waals surface area contributed by atoms with E-state index < -0.39 is 11.9 Å². The molecule has 0 spiro atoms. The Morgan fingerprint density at radius 3 is 2.60 bits per heavy atom. The number of nitrogens with zero attached hydrogens (tertiary/aromatic N) is 3. The fraction of sp³-hybridized carbons (Fsp3) is 0.389. The van der Waals surface area contributed by atoms with Gasteiger partial charge in [0.25, 0.3) is 5.91 Å². The van der Waals surface area contributed by atoms with Gasteiger partial charge in [-0.05, 0) is 25.0 Å². The van der Waals surface area contributed by atoms with Gasteiger partial charge in [0.05, 0.1) is 24.9 Å². The molecule has 1 aliphatic rings. The summed E-state index contributed by atoms with van der Waals surface area (Å²) in [6.07, 6.45) is 3.44. The van der Waals surface area contributed by atoms with Crippen LogP contribution in [-0.4, -0.2) is 51.4 Å². The maximum Gasteiger partial charge on any atom is 0.308 e. The molecule has 1 unspecified atom stereocenters. The third-order valence-electron chi connectivity index (χ3n) is 4.26. The summed E-state index contributed by atoms with van der Waals surface area (Å²) in [5.74, 6) is -1.46. The Hall–Kier alpha value is -2.83. The van der Waals surface area contributed by atoms with E-state index in [4.69, 9.17) is 9.84 Å². The molecule has 0 bridgehead atoms. The summed E-state index contributed by atoms with van der Waals surface area (Å²) in [5, 5.41) is 13.5. The van der Waals surface area contributed by atoms with Gasteiger partial charge in [-0.15, -0.1) is 0 Å². The average molecular weight is 343 g/mol. The monoisotopic (exact) mass is 343 g/mol. The molecule has 1 saturated carbocycles. The molecule has 1 aromatic carbocycles. The zero-order chi connectivity index (χ0) is 18.0. The maximum absolute atomic E-state index is 13.0. The summed E-state index contributed by atoms with van der Waals surface area (Å²) in [5.41, 5.74) is 1.02.